The average Bonchev–Trinajstić information content (AvgIpc) is 2.40. The van der Waals surface area contributed by atoms with E-state index in [9.17, 15) is 19.3 Å². The highest BCUT2D eigenvalue weighted by Gasteiger charge is 2.13. The third kappa shape index (κ3) is 3.07. The van der Waals surface area contributed by atoms with E-state index in [0.717, 1.165) is 18.2 Å². The van der Waals surface area contributed by atoms with Gasteiger partial charge in [0.25, 0.3) is 11.6 Å². The molecule has 0 spiro atoms. The Morgan fingerprint density at radius 3 is 2.70 bits per heavy atom. The molecule has 0 saturated carbocycles. The fourth-order valence-corrected chi connectivity index (χ4v) is 1.63. The Bertz CT molecular complexity index is 693. The zero-order valence-electron chi connectivity index (χ0n) is 9.84. The van der Waals surface area contributed by atoms with Crippen LogP contribution >= 0.6 is 11.6 Å². The number of amides is 1. The second kappa shape index (κ2) is 5.62. The number of benzene rings is 1. The number of nitro benzene ring substituents is 1. The van der Waals surface area contributed by atoms with Crippen LogP contribution in [0.25, 0.3) is 0 Å². The van der Waals surface area contributed by atoms with E-state index in [4.69, 9.17) is 11.6 Å². The number of halogens is 2. The number of nitro groups is 1. The predicted molar refractivity (Wildman–Crippen MR) is 70.3 cm³/mol. The van der Waals surface area contributed by atoms with E-state index in [1.807, 2.05) is 0 Å². The molecule has 2 rings (SSSR count). The molecule has 20 heavy (non-hydrogen) atoms. The maximum Gasteiger partial charge on any atom is 0.272 e. The molecule has 1 heterocycles. The van der Waals surface area contributed by atoms with Crippen molar-refractivity contribution < 1.29 is 14.1 Å². The van der Waals surface area contributed by atoms with Crippen LogP contribution in [0.3, 0.4) is 0 Å². The van der Waals surface area contributed by atoms with Crippen molar-refractivity contribution in [2.24, 2.45) is 0 Å². The third-order valence-corrected chi connectivity index (χ3v) is 2.61. The molecule has 0 bridgehead atoms. The van der Waals surface area contributed by atoms with E-state index in [2.05, 4.69) is 10.3 Å². The van der Waals surface area contributed by atoms with Crippen molar-refractivity contribution >= 4 is 28.9 Å². The molecule has 0 aliphatic heterocycles. The monoisotopic (exact) mass is 295 g/mol. The highest BCUT2D eigenvalue weighted by atomic mass is 35.5. The molecule has 0 fully saturated rings. The molecule has 1 amide bonds. The molecule has 102 valence electrons. The molecule has 6 nitrogen and oxygen atoms in total. The summed E-state index contributed by atoms with van der Waals surface area (Å²) in [5.74, 6) is -1.49. The van der Waals surface area contributed by atoms with Crippen molar-refractivity contribution in [3.05, 3.63) is 63.2 Å². The van der Waals surface area contributed by atoms with Crippen LogP contribution in [0, 0.1) is 15.9 Å². The Hall–Kier alpha value is -2.54. The van der Waals surface area contributed by atoms with Crippen molar-refractivity contribution in [2.75, 3.05) is 5.32 Å². The minimum absolute atomic E-state index is 0.127. The van der Waals surface area contributed by atoms with Crippen molar-refractivity contribution in [1.82, 2.24) is 4.98 Å². The topological polar surface area (TPSA) is 85.1 Å². The number of hydrogen-bond acceptors (Lipinski definition) is 4. The van der Waals surface area contributed by atoms with Crippen molar-refractivity contribution in [3.63, 3.8) is 0 Å². The molecule has 0 radical (unpaired) electrons. The molecule has 1 aromatic carbocycles. The van der Waals surface area contributed by atoms with Crippen LogP contribution in [0.15, 0.2) is 36.5 Å². The second-order valence-electron chi connectivity index (χ2n) is 3.74. The molecule has 0 aliphatic carbocycles. The maximum atomic E-state index is 13.6. The van der Waals surface area contributed by atoms with Gasteiger partial charge in [-0.3, -0.25) is 14.9 Å². The molecular weight excluding hydrogens is 289 g/mol. The number of non-ortho nitro benzene ring substituents is 1. The standard InChI is InChI=1S/C12H7ClFN3O3/c13-11-5-7(3-4-15-11)12(18)16-10-2-1-8(17(19)20)6-9(10)14/h1-6H,(H,16,18). The smallest absolute Gasteiger partial charge is 0.272 e. The van der Waals surface area contributed by atoms with Gasteiger partial charge >= 0.3 is 0 Å². The SMILES string of the molecule is O=C(Nc1ccc([N+](=O)[O-])cc1F)c1ccnc(Cl)c1. The van der Waals surface area contributed by atoms with Gasteiger partial charge in [0, 0.05) is 17.8 Å². The zero-order valence-corrected chi connectivity index (χ0v) is 10.6. The van der Waals surface area contributed by atoms with E-state index >= 15 is 0 Å². The summed E-state index contributed by atoms with van der Waals surface area (Å²) in [6, 6.07) is 5.67. The summed E-state index contributed by atoms with van der Waals surface area (Å²) in [6.07, 6.45) is 1.34. The highest BCUT2D eigenvalue weighted by molar-refractivity contribution is 6.29. The van der Waals surface area contributed by atoms with Gasteiger partial charge in [-0.25, -0.2) is 9.37 Å². The Morgan fingerprint density at radius 1 is 1.35 bits per heavy atom. The number of hydrogen-bond donors (Lipinski definition) is 1. The molecule has 8 heteroatoms. The normalized spacial score (nSPS) is 10.1. The first-order valence-electron chi connectivity index (χ1n) is 5.34. The van der Waals surface area contributed by atoms with Crippen LogP contribution in [-0.4, -0.2) is 15.8 Å². The van der Waals surface area contributed by atoms with Crippen molar-refractivity contribution in [3.8, 4) is 0 Å². The lowest BCUT2D eigenvalue weighted by Crippen LogP contribution is -2.13. The van der Waals surface area contributed by atoms with Crippen molar-refractivity contribution in [1.29, 1.82) is 0 Å². The largest absolute Gasteiger partial charge is 0.319 e. The second-order valence-corrected chi connectivity index (χ2v) is 4.13. The molecule has 2 aromatic rings. The third-order valence-electron chi connectivity index (χ3n) is 2.40. The Balaban J connectivity index is 2.22. The fourth-order valence-electron chi connectivity index (χ4n) is 1.46. The van der Waals surface area contributed by atoms with E-state index < -0.39 is 22.3 Å². The van der Waals surface area contributed by atoms with Crippen LogP contribution in [0.4, 0.5) is 15.8 Å². The summed E-state index contributed by atoms with van der Waals surface area (Å²) in [5, 5.41) is 12.9. The minimum atomic E-state index is -0.896. The summed E-state index contributed by atoms with van der Waals surface area (Å²) in [6.45, 7) is 0. The maximum absolute atomic E-state index is 13.6. The fraction of sp³-hybridized carbons (Fsp3) is 0. The van der Waals surface area contributed by atoms with Gasteiger partial charge in [0.2, 0.25) is 0 Å². The summed E-state index contributed by atoms with van der Waals surface area (Å²) in [5.41, 5.74) is -0.358. The van der Waals surface area contributed by atoms with Gasteiger partial charge in [-0.1, -0.05) is 11.6 Å². The van der Waals surface area contributed by atoms with Crippen LogP contribution in [0.5, 0.6) is 0 Å². The first-order chi connectivity index (χ1) is 9.47. The molecule has 1 aromatic heterocycles. The van der Waals surface area contributed by atoms with Gasteiger partial charge in [0.05, 0.1) is 16.7 Å². The molecule has 0 atom stereocenters. The van der Waals surface area contributed by atoms with Crippen LogP contribution in [0.2, 0.25) is 5.15 Å². The van der Waals surface area contributed by atoms with Gasteiger partial charge in [0.1, 0.15) is 5.15 Å². The summed E-state index contributed by atoms with van der Waals surface area (Å²) >= 11 is 5.64. The number of nitrogens with zero attached hydrogens (tertiary/aromatic N) is 2. The van der Waals surface area contributed by atoms with Gasteiger partial charge in [-0.05, 0) is 18.2 Å². The Morgan fingerprint density at radius 2 is 2.10 bits per heavy atom. The van der Waals surface area contributed by atoms with E-state index in [0.29, 0.717) is 0 Å². The van der Waals surface area contributed by atoms with Gasteiger partial charge in [-0.2, -0.15) is 0 Å². The Kier molecular flexibility index (Phi) is 3.90. The number of rotatable bonds is 3. The zero-order chi connectivity index (χ0) is 14.7. The van der Waals surface area contributed by atoms with Crippen LogP contribution < -0.4 is 5.32 Å². The van der Waals surface area contributed by atoms with Crippen LogP contribution in [0.1, 0.15) is 10.4 Å². The van der Waals surface area contributed by atoms with E-state index in [1.54, 1.807) is 0 Å². The van der Waals surface area contributed by atoms with E-state index in [-0.39, 0.29) is 16.4 Å². The lowest BCUT2D eigenvalue weighted by atomic mass is 10.2. The number of nitrogens with one attached hydrogen (secondary N) is 1. The summed E-state index contributed by atoms with van der Waals surface area (Å²) in [7, 11) is 0. The molecule has 0 saturated heterocycles. The quantitative estimate of drug-likeness (QED) is 0.536. The minimum Gasteiger partial charge on any atom is -0.319 e. The number of carbonyl (C=O) groups excluding carboxylic acids is 1. The van der Waals surface area contributed by atoms with Gasteiger partial charge in [0.15, 0.2) is 5.82 Å². The van der Waals surface area contributed by atoms with E-state index in [1.165, 1.54) is 18.3 Å². The molecule has 1 N–H and O–H groups in total. The molecular formula is C12H7ClFN3O3. The Labute approximate surface area is 117 Å². The number of anilines is 1. The molecule has 0 aliphatic rings. The lowest BCUT2D eigenvalue weighted by molar-refractivity contribution is -0.385. The summed E-state index contributed by atoms with van der Waals surface area (Å²) in [4.78, 5) is 25.3. The average molecular weight is 296 g/mol. The van der Waals surface area contributed by atoms with Gasteiger partial charge < -0.3 is 5.32 Å². The number of aromatic nitrogens is 1. The van der Waals surface area contributed by atoms with Crippen LogP contribution in [-0.2, 0) is 0 Å². The first-order valence-corrected chi connectivity index (χ1v) is 5.72. The van der Waals surface area contributed by atoms with Crippen molar-refractivity contribution in [2.45, 2.75) is 0 Å². The summed E-state index contributed by atoms with van der Waals surface area (Å²) < 4.78 is 13.6. The lowest BCUT2D eigenvalue weighted by Gasteiger charge is -2.06. The molecule has 0 unspecified atom stereocenters. The number of pyridine rings is 1. The van der Waals surface area contributed by atoms with Gasteiger partial charge in [-0.15, -0.1) is 0 Å². The number of carbonyl (C=O) groups is 1. The first kappa shape index (κ1) is 13.9. The highest BCUT2D eigenvalue weighted by Crippen LogP contribution is 2.21. The predicted octanol–water partition coefficient (Wildman–Crippen LogP) is 3.03.